The lowest BCUT2D eigenvalue weighted by atomic mass is 10.0. The van der Waals surface area contributed by atoms with Gasteiger partial charge in [-0.2, -0.15) is 11.8 Å². The van der Waals surface area contributed by atoms with E-state index < -0.39 is 0 Å². The molecule has 0 amide bonds. The second kappa shape index (κ2) is 6.30. The molecule has 0 saturated carbocycles. The number of rotatable bonds is 3. The van der Waals surface area contributed by atoms with Crippen molar-refractivity contribution in [3.8, 4) is 0 Å². The van der Waals surface area contributed by atoms with Crippen LogP contribution in [0.5, 0.6) is 0 Å². The third-order valence-corrected chi connectivity index (χ3v) is 5.06. The molecule has 1 fully saturated rings. The summed E-state index contributed by atoms with van der Waals surface area (Å²) < 4.78 is 5.37. The molecule has 0 aromatic carbocycles. The topological polar surface area (TPSA) is 77.4 Å². The van der Waals surface area contributed by atoms with Crippen LogP contribution in [0.25, 0.3) is 0 Å². The molecule has 2 aliphatic rings. The first-order valence-corrected chi connectivity index (χ1v) is 8.31. The maximum absolute atomic E-state index is 6.18. The SMILES string of the molecule is Nc1nc2c(cc1CCN1CCOCC1)C(N)CSC2. The molecular formula is C14H22N4OS. The molecular weight excluding hydrogens is 272 g/mol. The van der Waals surface area contributed by atoms with Crippen LogP contribution in [0.2, 0.25) is 0 Å². The van der Waals surface area contributed by atoms with Gasteiger partial charge in [0, 0.05) is 37.2 Å². The molecule has 1 atom stereocenters. The maximum Gasteiger partial charge on any atom is 0.126 e. The number of ether oxygens (including phenoxy) is 1. The van der Waals surface area contributed by atoms with E-state index in [1.165, 1.54) is 5.56 Å². The number of anilines is 1. The zero-order valence-corrected chi connectivity index (χ0v) is 12.5. The van der Waals surface area contributed by atoms with Crippen LogP contribution < -0.4 is 11.5 Å². The molecule has 0 aliphatic carbocycles. The van der Waals surface area contributed by atoms with E-state index in [4.69, 9.17) is 16.2 Å². The minimum absolute atomic E-state index is 0.0963. The van der Waals surface area contributed by atoms with E-state index in [-0.39, 0.29) is 6.04 Å². The fourth-order valence-electron chi connectivity index (χ4n) is 2.74. The van der Waals surface area contributed by atoms with Gasteiger partial charge in [0.25, 0.3) is 0 Å². The third kappa shape index (κ3) is 3.09. The summed E-state index contributed by atoms with van der Waals surface area (Å²) in [7, 11) is 0. The molecule has 0 radical (unpaired) electrons. The molecule has 2 aliphatic heterocycles. The summed E-state index contributed by atoms with van der Waals surface area (Å²) in [4.78, 5) is 6.98. The van der Waals surface area contributed by atoms with Gasteiger partial charge in [0.2, 0.25) is 0 Å². The average molecular weight is 294 g/mol. The molecule has 5 nitrogen and oxygen atoms in total. The first-order chi connectivity index (χ1) is 9.74. The Morgan fingerprint density at radius 3 is 3.00 bits per heavy atom. The van der Waals surface area contributed by atoms with Crippen molar-refractivity contribution in [1.29, 1.82) is 0 Å². The van der Waals surface area contributed by atoms with Crippen LogP contribution >= 0.6 is 11.8 Å². The summed E-state index contributed by atoms with van der Waals surface area (Å²) in [6, 6.07) is 2.28. The first-order valence-electron chi connectivity index (χ1n) is 7.15. The Labute approximate surface area is 124 Å². The largest absolute Gasteiger partial charge is 0.383 e. The van der Waals surface area contributed by atoms with E-state index in [1.807, 2.05) is 11.8 Å². The first kappa shape index (κ1) is 14.1. The second-order valence-corrected chi connectivity index (χ2v) is 6.42. The van der Waals surface area contributed by atoms with Crippen LogP contribution in [0.15, 0.2) is 6.07 Å². The Morgan fingerprint density at radius 2 is 2.20 bits per heavy atom. The molecule has 1 saturated heterocycles. The molecule has 0 bridgehead atoms. The quantitative estimate of drug-likeness (QED) is 0.858. The normalized spacial score (nSPS) is 23.6. The summed E-state index contributed by atoms with van der Waals surface area (Å²) in [5, 5.41) is 0. The average Bonchev–Trinajstić information content (AvgIpc) is 2.47. The van der Waals surface area contributed by atoms with E-state index in [1.54, 1.807) is 0 Å². The Morgan fingerprint density at radius 1 is 1.40 bits per heavy atom. The molecule has 3 heterocycles. The van der Waals surface area contributed by atoms with Crippen molar-refractivity contribution in [3.05, 3.63) is 22.9 Å². The van der Waals surface area contributed by atoms with Crippen molar-refractivity contribution in [3.63, 3.8) is 0 Å². The van der Waals surface area contributed by atoms with E-state index in [0.717, 1.165) is 62.0 Å². The number of pyridine rings is 1. The van der Waals surface area contributed by atoms with Gasteiger partial charge in [0.05, 0.1) is 18.9 Å². The molecule has 6 heteroatoms. The van der Waals surface area contributed by atoms with Gasteiger partial charge in [-0.25, -0.2) is 4.98 Å². The van der Waals surface area contributed by atoms with Crippen molar-refractivity contribution in [1.82, 2.24) is 9.88 Å². The number of nitrogens with two attached hydrogens (primary N) is 2. The number of hydrogen-bond donors (Lipinski definition) is 2. The van der Waals surface area contributed by atoms with Crippen molar-refractivity contribution in [2.24, 2.45) is 5.73 Å². The number of hydrogen-bond acceptors (Lipinski definition) is 6. The van der Waals surface area contributed by atoms with Crippen molar-refractivity contribution < 1.29 is 4.74 Å². The predicted octanol–water partition coefficient (Wildman–Crippen LogP) is 0.785. The van der Waals surface area contributed by atoms with Gasteiger partial charge < -0.3 is 16.2 Å². The molecule has 1 aromatic heterocycles. The Hall–Kier alpha value is -0.820. The van der Waals surface area contributed by atoms with Gasteiger partial charge >= 0.3 is 0 Å². The number of thioether (sulfide) groups is 1. The van der Waals surface area contributed by atoms with Crippen LogP contribution in [0.1, 0.15) is 22.9 Å². The molecule has 110 valence electrons. The fourth-order valence-corrected chi connectivity index (χ4v) is 3.72. The Bertz CT molecular complexity index is 476. The third-order valence-electron chi connectivity index (χ3n) is 3.98. The summed E-state index contributed by atoms with van der Waals surface area (Å²) >= 11 is 1.83. The molecule has 1 aromatic rings. The molecule has 4 N–H and O–H groups in total. The number of morpholine rings is 1. The van der Waals surface area contributed by atoms with Crippen LogP contribution in [0.3, 0.4) is 0 Å². The Kier molecular flexibility index (Phi) is 4.45. The number of aromatic nitrogens is 1. The van der Waals surface area contributed by atoms with E-state index in [0.29, 0.717) is 5.82 Å². The lowest BCUT2D eigenvalue weighted by Crippen LogP contribution is -2.37. The maximum atomic E-state index is 6.18. The summed E-state index contributed by atoms with van der Waals surface area (Å²) in [5.41, 5.74) is 15.7. The molecule has 0 spiro atoms. The van der Waals surface area contributed by atoms with Crippen molar-refractivity contribution in [2.45, 2.75) is 18.2 Å². The monoisotopic (exact) mass is 294 g/mol. The van der Waals surface area contributed by atoms with Crippen LogP contribution in [-0.2, 0) is 16.9 Å². The van der Waals surface area contributed by atoms with Crippen LogP contribution in [0, 0.1) is 0 Å². The lowest BCUT2D eigenvalue weighted by molar-refractivity contribution is 0.0384. The zero-order valence-electron chi connectivity index (χ0n) is 11.7. The minimum atomic E-state index is 0.0963. The Balaban J connectivity index is 1.70. The van der Waals surface area contributed by atoms with Gasteiger partial charge in [-0.1, -0.05) is 0 Å². The standard InChI is InChI=1S/C14H22N4OS/c15-12-8-20-9-13-11(12)7-10(14(16)17-13)1-2-18-3-5-19-6-4-18/h7,12H,1-6,8-9,15H2,(H2,16,17). The highest BCUT2D eigenvalue weighted by atomic mass is 32.2. The highest BCUT2D eigenvalue weighted by Crippen LogP contribution is 2.31. The minimum Gasteiger partial charge on any atom is -0.383 e. The van der Waals surface area contributed by atoms with E-state index in [2.05, 4.69) is 16.0 Å². The van der Waals surface area contributed by atoms with E-state index in [9.17, 15) is 0 Å². The fraction of sp³-hybridized carbons (Fsp3) is 0.643. The van der Waals surface area contributed by atoms with Gasteiger partial charge in [-0.05, 0) is 23.6 Å². The second-order valence-electron chi connectivity index (χ2n) is 5.39. The lowest BCUT2D eigenvalue weighted by Gasteiger charge is -2.27. The van der Waals surface area contributed by atoms with Crippen LogP contribution in [0.4, 0.5) is 5.82 Å². The van der Waals surface area contributed by atoms with Gasteiger partial charge in [-0.3, -0.25) is 4.90 Å². The van der Waals surface area contributed by atoms with Crippen LogP contribution in [-0.4, -0.2) is 48.5 Å². The summed E-state index contributed by atoms with van der Waals surface area (Å²) in [5.74, 6) is 2.57. The molecule has 20 heavy (non-hydrogen) atoms. The highest BCUT2D eigenvalue weighted by Gasteiger charge is 2.20. The number of nitrogens with zero attached hydrogens (tertiary/aromatic N) is 2. The van der Waals surface area contributed by atoms with E-state index >= 15 is 0 Å². The van der Waals surface area contributed by atoms with Crippen molar-refractivity contribution >= 4 is 17.6 Å². The summed E-state index contributed by atoms with van der Waals surface area (Å²) in [6.07, 6.45) is 0.936. The van der Waals surface area contributed by atoms with Gasteiger partial charge in [-0.15, -0.1) is 0 Å². The van der Waals surface area contributed by atoms with Crippen molar-refractivity contribution in [2.75, 3.05) is 44.3 Å². The summed E-state index contributed by atoms with van der Waals surface area (Å²) in [6.45, 7) is 4.70. The molecule has 1 unspecified atom stereocenters. The number of fused-ring (bicyclic) bond motifs is 1. The smallest absolute Gasteiger partial charge is 0.126 e. The number of nitrogen functional groups attached to an aromatic ring is 1. The van der Waals surface area contributed by atoms with Gasteiger partial charge in [0.1, 0.15) is 5.82 Å². The highest BCUT2D eigenvalue weighted by molar-refractivity contribution is 7.98. The zero-order chi connectivity index (χ0) is 13.9. The van der Waals surface area contributed by atoms with Gasteiger partial charge in [0.15, 0.2) is 0 Å². The predicted molar refractivity (Wildman–Crippen MR) is 82.7 cm³/mol. The molecule has 3 rings (SSSR count).